The van der Waals surface area contributed by atoms with Gasteiger partial charge in [-0.2, -0.15) is 0 Å². The zero-order valence-corrected chi connectivity index (χ0v) is 24.8. The number of rotatable bonds is 21. The lowest BCUT2D eigenvalue weighted by atomic mass is 10.0. The number of unbranched alkanes of at least 4 members (excludes halogenated alkanes) is 11. The van der Waals surface area contributed by atoms with Gasteiger partial charge >= 0.3 is 0 Å². The number of nitrogens with zero attached hydrogens (tertiary/aromatic N) is 1. The van der Waals surface area contributed by atoms with Crippen LogP contribution in [-0.2, 0) is 19.6 Å². The Morgan fingerprint density at radius 2 is 0.795 bits per heavy atom. The van der Waals surface area contributed by atoms with Crippen LogP contribution in [0.25, 0.3) is 0 Å². The van der Waals surface area contributed by atoms with Gasteiger partial charge in [-0.3, -0.25) is 0 Å². The van der Waals surface area contributed by atoms with Crippen molar-refractivity contribution in [2.24, 2.45) is 0 Å². The lowest BCUT2D eigenvalue weighted by molar-refractivity contribution is -0.966. The summed E-state index contributed by atoms with van der Waals surface area (Å²) in [4.78, 5) is 0. The Labute approximate surface area is 240 Å². The van der Waals surface area contributed by atoms with Gasteiger partial charge in [-0.15, -0.1) is 0 Å². The monoisotopic (exact) mass is 524 g/mol. The Bertz CT molecular complexity index is 891. The molecule has 0 spiro atoms. The Hall–Kier alpha value is -2.64. The fourth-order valence-corrected chi connectivity index (χ4v) is 5.84. The Morgan fingerprint density at radius 1 is 0.436 bits per heavy atom. The topological polar surface area (TPSA) is 0 Å². The fraction of sp³-hybridized carbons (Fsp3) is 0.474. The predicted molar refractivity (Wildman–Crippen MR) is 170 cm³/mol. The van der Waals surface area contributed by atoms with E-state index in [1.807, 2.05) is 0 Å². The van der Waals surface area contributed by atoms with Crippen LogP contribution in [0.15, 0.2) is 103 Å². The molecule has 0 saturated heterocycles. The van der Waals surface area contributed by atoms with E-state index in [-0.39, 0.29) is 0 Å². The molecule has 0 radical (unpaired) electrons. The average Bonchev–Trinajstić information content (AvgIpc) is 2.97. The standard InChI is InChI=1S/C38H54N/c1-2-3-4-5-6-7-8-9-10-11-12-13-14-15-25-32-39(33-36-26-19-16-20-27-36,34-37-28-21-17-22-29-37)35-38-30-23-18-24-31-38/h4-5,16-24,26-31H,2-3,6-15,25,32-35H2,1H3/q+1/b5-4+. The number of hydrogen-bond acceptors (Lipinski definition) is 0. The lowest BCUT2D eigenvalue weighted by Gasteiger charge is -2.39. The van der Waals surface area contributed by atoms with E-state index < -0.39 is 0 Å². The molecular weight excluding hydrogens is 470 g/mol. The molecule has 3 rings (SSSR count). The van der Waals surface area contributed by atoms with Gasteiger partial charge in [-0.25, -0.2) is 0 Å². The van der Waals surface area contributed by atoms with Crippen molar-refractivity contribution in [2.75, 3.05) is 6.54 Å². The second-order valence-corrected chi connectivity index (χ2v) is 11.6. The van der Waals surface area contributed by atoms with Crippen LogP contribution in [0.3, 0.4) is 0 Å². The summed E-state index contributed by atoms with van der Waals surface area (Å²) in [6.45, 7) is 6.73. The molecule has 3 aromatic carbocycles. The molecule has 39 heavy (non-hydrogen) atoms. The van der Waals surface area contributed by atoms with Crippen molar-refractivity contribution in [1.82, 2.24) is 0 Å². The molecular formula is C38H54N+. The minimum Gasteiger partial charge on any atom is -0.312 e. The smallest absolute Gasteiger partial charge is 0.105 e. The molecule has 210 valence electrons. The molecule has 0 fully saturated rings. The molecule has 0 amide bonds. The highest BCUT2D eigenvalue weighted by atomic mass is 15.3. The lowest BCUT2D eigenvalue weighted by Crippen LogP contribution is -2.46. The molecule has 0 heterocycles. The van der Waals surface area contributed by atoms with Crippen LogP contribution in [-0.4, -0.2) is 11.0 Å². The summed E-state index contributed by atoms with van der Waals surface area (Å²) < 4.78 is 1.09. The third-order valence-corrected chi connectivity index (χ3v) is 7.96. The van der Waals surface area contributed by atoms with E-state index in [2.05, 4.69) is 110 Å². The quantitative estimate of drug-likeness (QED) is 0.0738. The zero-order chi connectivity index (χ0) is 27.3. The van der Waals surface area contributed by atoms with Gasteiger partial charge in [0, 0.05) is 16.7 Å². The third kappa shape index (κ3) is 13.3. The summed E-state index contributed by atoms with van der Waals surface area (Å²) in [7, 11) is 0. The molecule has 0 unspecified atom stereocenters. The Morgan fingerprint density at radius 3 is 1.21 bits per heavy atom. The SMILES string of the molecule is CCC/C=C/CCCCCCCCCCCC[N+](Cc1ccccc1)(Cc1ccccc1)Cc1ccccc1. The van der Waals surface area contributed by atoms with E-state index in [9.17, 15) is 0 Å². The van der Waals surface area contributed by atoms with E-state index >= 15 is 0 Å². The highest BCUT2D eigenvalue weighted by Gasteiger charge is 2.28. The summed E-state index contributed by atoms with van der Waals surface area (Å²) in [6.07, 6.45) is 22.4. The maximum atomic E-state index is 2.39. The van der Waals surface area contributed by atoms with Gasteiger partial charge in [0.1, 0.15) is 19.6 Å². The molecule has 1 heteroatoms. The van der Waals surface area contributed by atoms with E-state index in [1.165, 1.54) is 107 Å². The number of allylic oxidation sites excluding steroid dienone is 2. The van der Waals surface area contributed by atoms with Crippen molar-refractivity contribution in [3.05, 3.63) is 120 Å². The Balaban J connectivity index is 1.46. The van der Waals surface area contributed by atoms with Crippen LogP contribution >= 0.6 is 0 Å². The highest BCUT2D eigenvalue weighted by molar-refractivity contribution is 5.17. The van der Waals surface area contributed by atoms with E-state index in [4.69, 9.17) is 0 Å². The number of quaternary nitrogens is 1. The van der Waals surface area contributed by atoms with Gasteiger partial charge in [-0.1, -0.05) is 161 Å². The van der Waals surface area contributed by atoms with Crippen LogP contribution in [0, 0.1) is 0 Å². The predicted octanol–water partition coefficient (Wildman–Crippen LogP) is 11.1. The Kier molecular flexibility index (Phi) is 15.4. The molecule has 0 N–H and O–H groups in total. The van der Waals surface area contributed by atoms with Gasteiger partial charge in [0.2, 0.25) is 0 Å². The first-order valence-electron chi connectivity index (χ1n) is 15.9. The number of benzene rings is 3. The molecule has 0 bridgehead atoms. The molecule has 3 aromatic rings. The fourth-order valence-electron chi connectivity index (χ4n) is 5.84. The summed E-state index contributed by atoms with van der Waals surface area (Å²) in [5.74, 6) is 0. The highest BCUT2D eigenvalue weighted by Crippen LogP contribution is 2.26. The minimum atomic E-state index is 1.08. The van der Waals surface area contributed by atoms with Crippen molar-refractivity contribution < 1.29 is 4.48 Å². The first-order valence-corrected chi connectivity index (χ1v) is 15.9. The van der Waals surface area contributed by atoms with Gasteiger partial charge in [-0.05, 0) is 32.1 Å². The molecule has 1 nitrogen and oxygen atoms in total. The van der Waals surface area contributed by atoms with Crippen LogP contribution in [0.2, 0.25) is 0 Å². The van der Waals surface area contributed by atoms with Crippen LogP contribution in [0.5, 0.6) is 0 Å². The number of hydrogen-bond donors (Lipinski definition) is 0. The van der Waals surface area contributed by atoms with E-state index in [0.717, 1.165) is 24.1 Å². The average molecular weight is 525 g/mol. The minimum absolute atomic E-state index is 1.08. The van der Waals surface area contributed by atoms with Crippen LogP contribution in [0.1, 0.15) is 107 Å². The van der Waals surface area contributed by atoms with Crippen molar-refractivity contribution in [3.63, 3.8) is 0 Å². The van der Waals surface area contributed by atoms with Crippen molar-refractivity contribution in [3.8, 4) is 0 Å². The first-order chi connectivity index (χ1) is 19.3. The van der Waals surface area contributed by atoms with Gasteiger partial charge in [0.15, 0.2) is 0 Å². The second-order valence-electron chi connectivity index (χ2n) is 11.6. The van der Waals surface area contributed by atoms with Crippen molar-refractivity contribution in [2.45, 2.75) is 110 Å². The zero-order valence-electron chi connectivity index (χ0n) is 24.8. The molecule has 0 saturated carbocycles. The van der Waals surface area contributed by atoms with E-state index in [1.54, 1.807) is 0 Å². The van der Waals surface area contributed by atoms with Crippen LogP contribution < -0.4 is 0 Å². The molecule has 0 atom stereocenters. The molecule has 0 aromatic heterocycles. The summed E-state index contributed by atoms with van der Waals surface area (Å²) >= 11 is 0. The molecule has 0 aliphatic carbocycles. The summed E-state index contributed by atoms with van der Waals surface area (Å²) in [5, 5.41) is 0. The summed E-state index contributed by atoms with van der Waals surface area (Å²) in [5.41, 5.74) is 4.34. The van der Waals surface area contributed by atoms with Crippen molar-refractivity contribution in [1.29, 1.82) is 0 Å². The molecule has 0 aliphatic rings. The largest absolute Gasteiger partial charge is 0.312 e. The first kappa shape index (κ1) is 30.9. The van der Waals surface area contributed by atoms with Gasteiger partial charge < -0.3 is 4.48 Å². The van der Waals surface area contributed by atoms with Crippen molar-refractivity contribution >= 4 is 0 Å². The van der Waals surface area contributed by atoms with Gasteiger partial charge in [0.25, 0.3) is 0 Å². The van der Waals surface area contributed by atoms with Gasteiger partial charge in [0.05, 0.1) is 6.54 Å². The maximum Gasteiger partial charge on any atom is 0.105 e. The van der Waals surface area contributed by atoms with E-state index in [0.29, 0.717) is 0 Å². The maximum absolute atomic E-state index is 2.39. The summed E-state index contributed by atoms with van der Waals surface area (Å²) in [6, 6.07) is 33.4. The third-order valence-electron chi connectivity index (χ3n) is 7.96. The second kappa shape index (κ2) is 19.4. The normalized spacial score (nSPS) is 11.8. The van der Waals surface area contributed by atoms with Crippen LogP contribution in [0.4, 0.5) is 0 Å². The molecule has 0 aliphatic heterocycles.